The van der Waals surface area contributed by atoms with E-state index in [1.165, 1.54) is 24.3 Å². The highest BCUT2D eigenvalue weighted by Gasteiger charge is 2.28. The fourth-order valence-electron chi connectivity index (χ4n) is 3.39. The van der Waals surface area contributed by atoms with Gasteiger partial charge in [0.25, 0.3) is 10.0 Å². The smallest absolute Gasteiger partial charge is 0.264 e. The lowest BCUT2D eigenvalue weighted by Crippen LogP contribution is -2.42. The first-order valence-electron chi connectivity index (χ1n) is 10.5. The second kappa shape index (κ2) is 10.5. The lowest BCUT2D eigenvalue weighted by Gasteiger charge is -2.26. The molecule has 0 aliphatic rings. The SMILES string of the molecule is CCC(NC(=O)CN(c1ccc(F)cc1)S(=O)(=O)c1ccc(C)cc1)c1ccc(OC)cc1. The number of anilines is 1. The average molecular weight is 471 g/mol. The molecule has 1 unspecified atom stereocenters. The van der Waals surface area contributed by atoms with E-state index in [-0.39, 0.29) is 16.6 Å². The summed E-state index contributed by atoms with van der Waals surface area (Å²) in [5, 5.41) is 2.90. The van der Waals surface area contributed by atoms with E-state index in [0.29, 0.717) is 12.2 Å². The second-order valence-corrected chi connectivity index (χ2v) is 9.46. The number of hydrogen-bond acceptors (Lipinski definition) is 4. The Morgan fingerprint density at radius 2 is 1.61 bits per heavy atom. The number of rotatable bonds is 9. The van der Waals surface area contributed by atoms with Crippen LogP contribution in [0.15, 0.2) is 77.7 Å². The van der Waals surface area contributed by atoms with Gasteiger partial charge in [-0.1, -0.05) is 36.8 Å². The van der Waals surface area contributed by atoms with Crippen molar-refractivity contribution in [3.8, 4) is 5.75 Å². The van der Waals surface area contributed by atoms with Crippen molar-refractivity contribution >= 4 is 21.6 Å². The molecule has 1 amide bonds. The van der Waals surface area contributed by atoms with Gasteiger partial charge in [0, 0.05) is 0 Å². The zero-order valence-corrected chi connectivity index (χ0v) is 19.6. The number of carbonyl (C=O) groups excluding carboxylic acids is 1. The molecule has 3 aromatic rings. The average Bonchev–Trinajstić information content (AvgIpc) is 2.82. The number of aryl methyl sites for hydroxylation is 1. The third kappa shape index (κ3) is 5.90. The van der Waals surface area contributed by atoms with Crippen LogP contribution in [-0.4, -0.2) is 28.0 Å². The summed E-state index contributed by atoms with van der Waals surface area (Å²) in [4.78, 5) is 13.0. The molecule has 1 atom stereocenters. The molecule has 0 aliphatic heterocycles. The Balaban J connectivity index is 1.88. The van der Waals surface area contributed by atoms with E-state index < -0.39 is 28.3 Å². The molecule has 174 valence electrons. The van der Waals surface area contributed by atoms with Crippen LogP contribution in [0.3, 0.4) is 0 Å². The fourth-order valence-corrected chi connectivity index (χ4v) is 4.81. The Morgan fingerprint density at radius 1 is 1.00 bits per heavy atom. The standard InChI is InChI=1S/C25H27FN2O4S/c1-4-24(19-7-13-22(32-3)14-8-19)27-25(29)17-28(21-11-9-20(26)10-12-21)33(30,31)23-15-5-18(2)6-16-23/h5-16,24H,4,17H2,1-3H3,(H,27,29). The van der Waals surface area contributed by atoms with Crippen LogP contribution < -0.4 is 14.4 Å². The van der Waals surface area contributed by atoms with Crippen LogP contribution >= 0.6 is 0 Å². The Kier molecular flexibility index (Phi) is 7.71. The van der Waals surface area contributed by atoms with Crippen molar-refractivity contribution in [3.63, 3.8) is 0 Å². The highest BCUT2D eigenvalue weighted by atomic mass is 32.2. The molecule has 0 saturated carbocycles. The van der Waals surface area contributed by atoms with Crippen LogP contribution in [-0.2, 0) is 14.8 Å². The van der Waals surface area contributed by atoms with Crippen molar-refractivity contribution < 1.29 is 22.3 Å². The normalized spacial score (nSPS) is 12.1. The van der Waals surface area contributed by atoms with Gasteiger partial charge >= 0.3 is 0 Å². The number of ether oxygens (including phenoxy) is 1. The first-order chi connectivity index (χ1) is 15.7. The molecule has 0 bridgehead atoms. The first kappa shape index (κ1) is 24.3. The van der Waals surface area contributed by atoms with Crippen molar-refractivity contribution in [2.24, 2.45) is 0 Å². The van der Waals surface area contributed by atoms with Gasteiger partial charge in [-0.15, -0.1) is 0 Å². The summed E-state index contributed by atoms with van der Waals surface area (Å²) in [5.41, 5.74) is 1.98. The second-order valence-electron chi connectivity index (χ2n) is 7.60. The summed E-state index contributed by atoms with van der Waals surface area (Å²) >= 11 is 0. The molecule has 0 fully saturated rings. The van der Waals surface area contributed by atoms with Gasteiger partial charge in [-0.05, 0) is 67.4 Å². The number of hydrogen-bond donors (Lipinski definition) is 1. The number of methoxy groups -OCH3 is 1. The Hall–Kier alpha value is -3.39. The van der Waals surface area contributed by atoms with E-state index in [9.17, 15) is 17.6 Å². The monoisotopic (exact) mass is 470 g/mol. The van der Waals surface area contributed by atoms with Crippen molar-refractivity contribution in [3.05, 3.63) is 89.7 Å². The minimum absolute atomic E-state index is 0.0485. The summed E-state index contributed by atoms with van der Waals surface area (Å²) in [6.45, 7) is 3.33. The number of sulfonamides is 1. The van der Waals surface area contributed by atoms with Crippen LogP contribution in [0.25, 0.3) is 0 Å². The van der Waals surface area contributed by atoms with Crippen molar-refractivity contribution in [2.45, 2.75) is 31.2 Å². The van der Waals surface area contributed by atoms with E-state index in [4.69, 9.17) is 4.74 Å². The molecule has 0 aliphatic carbocycles. The molecule has 33 heavy (non-hydrogen) atoms. The van der Waals surface area contributed by atoms with Crippen LogP contribution in [0.4, 0.5) is 10.1 Å². The lowest BCUT2D eigenvalue weighted by atomic mass is 10.0. The predicted molar refractivity (Wildman–Crippen MR) is 126 cm³/mol. The number of nitrogens with one attached hydrogen (secondary N) is 1. The molecule has 3 rings (SSSR count). The largest absolute Gasteiger partial charge is 0.497 e. The van der Waals surface area contributed by atoms with Crippen LogP contribution in [0.5, 0.6) is 5.75 Å². The Bertz CT molecular complexity index is 1180. The van der Waals surface area contributed by atoms with E-state index in [1.54, 1.807) is 31.4 Å². The third-order valence-electron chi connectivity index (χ3n) is 5.27. The van der Waals surface area contributed by atoms with Crippen molar-refractivity contribution in [1.29, 1.82) is 0 Å². The van der Waals surface area contributed by atoms with Crippen LogP contribution in [0.2, 0.25) is 0 Å². The topological polar surface area (TPSA) is 75.7 Å². The maximum Gasteiger partial charge on any atom is 0.264 e. The summed E-state index contributed by atoms with van der Waals surface area (Å²) in [5.74, 6) is -0.272. The number of amides is 1. The Labute approximate surface area is 194 Å². The molecule has 6 nitrogen and oxygen atoms in total. The van der Waals surface area contributed by atoms with E-state index in [1.807, 2.05) is 26.0 Å². The number of carbonyl (C=O) groups is 1. The number of benzene rings is 3. The number of nitrogens with zero attached hydrogens (tertiary/aromatic N) is 1. The molecule has 3 aromatic carbocycles. The van der Waals surface area contributed by atoms with Gasteiger partial charge in [-0.25, -0.2) is 12.8 Å². The van der Waals surface area contributed by atoms with Gasteiger partial charge in [0.15, 0.2) is 0 Å². The van der Waals surface area contributed by atoms with E-state index >= 15 is 0 Å². The molecule has 1 N–H and O–H groups in total. The summed E-state index contributed by atoms with van der Waals surface area (Å²) < 4.78 is 46.4. The van der Waals surface area contributed by atoms with Crippen molar-refractivity contribution in [1.82, 2.24) is 5.32 Å². The van der Waals surface area contributed by atoms with Crippen molar-refractivity contribution in [2.75, 3.05) is 18.0 Å². The predicted octanol–water partition coefficient (Wildman–Crippen LogP) is 4.61. The van der Waals surface area contributed by atoms with Gasteiger partial charge in [-0.3, -0.25) is 9.10 Å². The fraction of sp³-hybridized carbons (Fsp3) is 0.240. The van der Waals surface area contributed by atoms with Gasteiger partial charge < -0.3 is 10.1 Å². The third-order valence-corrected chi connectivity index (χ3v) is 7.06. The summed E-state index contributed by atoms with van der Waals surface area (Å²) in [7, 11) is -2.49. The van der Waals surface area contributed by atoms with Gasteiger partial charge in [0.05, 0.1) is 23.7 Å². The van der Waals surface area contributed by atoms with Gasteiger partial charge in [0.2, 0.25) is 5.91 Å². The molecular formula is C25H27FN2O4S. The van der Waals surface area contributed by atoms with Gasteiger partial charge in [0.1, 0.15) is 18.1 Å². The van der Waals surface area contributed by atoms with Crippen LogP contribution in [0, 0.1) is 12.7 Å². The molecular weight excluding hydrogens is 443 g/mol. The van der Waals surface area contributed by atoms with E-state index in [0.717, 1.165) is 27.6 Å². The highest BCUT2D eigenvalue weighted by Crippen LogP contribution is 2.25. The molecule has 0 saturated heterocycles. The molecule has 8 heteroatoms. The number of halogens is 1. The van der Waals surface area contributed by atoms with Crippen LogP contribution in [0.1, 0.15) is 30.5 Å². The zero-order chi connectivity index (χ0) is 24.0. The minimum atomic E-state index is -4.06. The Morgan fingerprint density at radius 3 is 2.15 bits per heavy atom. The summed E-state index contributed by atoms with van der Waals surface area (Å²) in [6, 6.07) is 18.4. The maximum absolute atomic E-state index is 13.5. The highest BCUT2D eigenvalue weighted by molar-refractivity contribution is 7.92. The summed E-state index contributed by atoms with van der Waals surface area (Å²) in [6.07, 6.45) is 0.610. The van der Waals surface area contributed by atoms with Gasteiger partial charge in [-0.2, -0.15) is 0 Å². The molecule has 0 radical (unpaired) electrons. The molecule has 0 spiro atoms. The molecule has 0 heterocycles. The zero-order valence-electron chi connectivity index (χ0n) is 18.8. The lowest BCUT2D eigenvalue weighted by molar-refractivity contribution is -0.120. The molecule has 0 aromatic heterocycles. The van der Waals surface area contributed by atoms with E-state index in [2.05, 4.69) is 5.32 Å². The first-order valence-corrected chi connectivity index (χ1v) is 12.0. The quantitative estimate of drug-likeness (QED) is 0.496. The minimum Gasteiger partial charge on any atom is -0.497 e. The maximum atomic E-state index is 13.5.